The molecule has 0 aliphatic carbocycles. The predicted molar refractivity (Wildman–Crippen MR) is 99.4 cm³/mol. The maximum Gasteiger partial charge on any atom is 0.437 e. The van der Waals surface area contributed by atoms with Crippen LogP contribution in [0.3, 0.4) is 0 Å². The summed E-state index contributed by atoms with van der Waals surface area (Å²) in [4.78, 5) is 16.5. The second-order valence-corrected chi connectivity index (χ2v) is 5.94. The van der Waals surface area contributed by atoms with E-state index in [1.165, 1.54) is 19.1 Å². The lowest BCUT2D eigenvalue weighted by Gasteiger charge is -2.09. The number of nitrogens with one attached hydrogen (secondary N) is 1. The van der Waals surface area contributed by atoms with E-state index < -0.39 is 17.8 Å². The van der Waals surface area contributed by atoms with Gasteiger partial charge in [-0.3, -0.25) is 10.2 Å². The fourth-order valence-corrected chi connectivity index (χ4v) is 2.62. The normalized spacial score (nSPS) is 12.1. The van der Waals surface area contributed by atoms with Gasteiger partial charge in [0.25, 0.3) is 0 Å². The summed E-state index contributed by atoms with van der Waals surface area (Å²) in [6, 6.07) is 14.7. The highest BCUT2D eigenvalue weighted by Gasteiger charge is 2.30. The molecule has 0 fully saturated rings. The molecular formula is C20H15F3N2O3. The summed E-state index contributed by atoms with van der Waals surface area (Å²) in [6.07, 6.45) is -5.58. The first-order chi connectivity index (χ1) is 13.3. The number of benzene rings is 3. The Balaban J connectivity index is 1.73. The minimum absolute atomic E-state index is 0.0127. The van der Waals surface area contributed by atoms with Crippen molar-refractivity contribution in [1.82, 2.24) is 0 Å². The summed E-state index contributed by atoms with van der Waals surface area (Å²) < 4.78 is 38.1. The summed E-state index contributed by atoms with van der Waals surface area (Å²) in [7, 11) is 0. The lowest BCUT2D eigenvalue weighted by Crippen LogP contribution is -2.13. The third kappa shape index (κ3) is 4.22. The number of oxime groups is 1. The summed E-state index contributed by atoms with van der Waals surface area (Å²) in [5.41, 5.74) is -0.389. The minimum Gasteiger partial charge on any atom is -0.507 e. The van der Waals surface area contributed by atoms with Gasteiger partial charge in [0.15, 0.2) is 0 Å². The molecule has 0 aliphatic rings. The van der Waals surface area contributed by atoms with Crippen molar-refractivity contribution in [2.45, 2.75) is 13.1 Å². The van der Waals surface area contributed by atoms with Crippen molar-refractivity contribution in [3.05, 3.63) is 71.8 Å². The number of hydrogen-bond donors (Lipinski definition) is 2. The van der Waals surface area contributed by atoms with Crippen molar-refractivity contribution < 1.29 is 27.9 Å². The number of anilines is 1. The number of hydrogen-bond acceptors (Lipinski definition) is 4. The molecule has 0 atom stereocenters. The van der Waals surface area contributed by atoms with Crippen LogP contribution in [-0.2, 0) is 11.0 Å². The van der Waals surface area contributed by atoms with Gasteiger partial charge < -0.3 is 5.11 Å². The van der Waals surface area contributed by atoms with Gasteiger partial charge in [-0.05, 0) is 36.6 Å². The van der Waals surface area contributed by atoms with Gasteiger partial charge in [0.1, 0.15) is 5.75 Å². The first-order valence-corrected chi connectivity index (χ1v) is 8.16. The second-order valence-electron chi connectivity index (χ2n) is 5.94. The Morgan fingerprint density at radius 1 is 1.07 bits per heavy atom. The Kier molecular flexibility index (Phi) is 5.21. The Hall–Kier alpha value is -3.55. The second kappa shape index (κ2) is 7.59. The topological polar surface area (TPSA) is 70.9 Å². The van der Waals surface area contributed by atoms with Crippen LogP contribution < -0.4 is 5.32 Å². The van der Waals surface area contributed by atoms with E-state index in [1.807, 2.05) is 12.1 Å². The van der Waals surface area contributed by atoms with Gasteiger partial charge in [0, 0.05) is 16.6 Å². The van der Waals surface area contributed by atoms with Gasteiger partial charge in [0.2, 0.25) is 0 Å². The van der Waals surface area contributed by atoms with Gasteiger partial charge >= 0.3 is 12.3 Å². The van der Waals surface area contributed by atoms with Crippen LogP contribution in [0.25, 0.3) is 10.8 Å². The van der Waals surface area contributed by atoms with Crippen LogP contribution in [0.4, 0.5) is 23.7 Å². The van der Waals surface area contributed by atoms with Crippen LogP contribution in [0.2, 0.25) is 0 Å². The molecule has 1 amide bonds. The highest BCUT2D eigenvalue weighted by atomic mass is 19.4. The molecule has 28 heavy (non-hydrogen) atoms. The van der Waals surface area contributed by atoms with Gasteiger partial charge in [0.05, 0.1) is 11.3 Å². The zero-order valence-electron chi connectivity index (χ0n) is 14.6. The fraction of sp³-hybridized carbons (Fsp3) is 0.100. The molecule has 0 spiro atoms. The number of phenols is 1. The largest absolute Gasteiger partial charge is 0.507 e. The molecule has 8 heteroatoms. The summed E-state index contributed by atoms with van der Waals surface area (Å²) in [5.74, 6) is -0.0127. The zero-order chi connectivity index (χ0) is 20.3. The van der Waals surface area contributed by atoms with Crippen LogP contribution in [0.1, 0.15) is 18.1 Å². The SMILES string of the molecule is CC(=NOC(=O)Nc1cccc(C(F)(F)F)c1)c1ccc2ccccc2c1O. The van der Waals surface area contributed by atoms with Crippen LogP contribution in [-0.4, -0.2) is 16.9 Å². The maximum atomic E-state index is 12.7. The van der Waals surface area contributed by atoms with E-state index >= 15 is 0 Å². The van der Waals surface area contributed by atoms with E-state index in [1.54, 1.807) is 24.3 Å². The number of halogens is 3. The van der Waals surface area contributed by atoms with E-state index in [4.69, 9.17) is 4.84 Å². The molecule has 3 rings (SSSR count). The number of carbonyl (C=O) groups excluding carboxylic acids is 1. The van der Waals surface area contributed by atoms with Crippen LogP contribution in [0.5, 0.6) is 5.75 Å². The predicted octanol–water partition coefficient (Wildman–Crippen LogP) is 5.54. The van der Waals surface area contributed by atoms with Crippen molar-refractivity contribution in [3.8, 4) is 5.75 Å². The van der Waals surface area contributed by atoms with Crippen molar-refractivity contribution >= 4 is 28.3 Å². The number of aromatic hydroxyl groups is 1. The molecule has 144 valence electrons. The first kappa shape index (κ1) is 19.2. The number of nitrogens with zero attached hydrogens (tertiary/aromatic N) is 1. The monoisotopic (exact) mass is 388 g/mol. The average Bonchev–Trinajstić information content (AvgIpc) is 2.66. The van der Waals surface area contributed by atoms with Crippen LogP contribution in [0.15, 0.2) is 65.8 Å². The number of rotatable bonds is 3. The molecule has 5 nitrogen and oxygen atoms in total. The molecule has 0 radical (unpaired) electrons. The molecule has 0 aromatic heterocycles. The number of alkyl halides is 3. The van der Waals surface area contributed by atoms with Crippen LogP contribution >= 0.6 is 0 Å². The van der Waals surface area contributed by atoms with Crippen LogP contribution in [0, 0.1) is 0 Å². The molecular weight excluding hydrogens is 373 g/mol. The Bertz CT molecular complexity index is 1060. The molecule has 0 unspecified atom stereocenters. The molecule has 0 saturated carbocycles. The first-order valence-electron chi connectivity index (χ1n) is 8.16. The van der Waals surface area contributed by atoms with E-state index in [-0.39, 0.29) is 17.1 Å². The molecule has 0 saturated heterocycles. The summed E-state index contributed by atoms with van der Waals surface area (Å²) in [5, 5.41) is 17.7. The lowest BCUT2D eigenvalue weighted by molar-refractivity contribution is -0.137. The van der Waals surface area contributed by atoms with Gasteiger partial charge in [-0.1, -0.05) is 41.6 Å². The summed E-state index contributed by atoms with van der Waals surface area (Å²) in [6.45, 7) is 1.53. The number of carbonyl (C=O) groups is 1. The van der Waals surface area contributed by atoms with E-state index in [9.17, 15) is 23.1 Å². The zero-order valence-corrected chi connectivity index (χ0v) is 14.6. The van der Waals surface area contributed by atoms with Gasteiger partial charge in [-0.2, -0.15) is 13.2 Å². The van der Waals surface area contributed by atoms with Crippen molar-refractivity contribution in [2.75, 3.05) is 5.32 Å². The highest BCUT2D eigenvalue weighted by molar-refractivity contribution is 6.06. The maximum absolute atomic E-state index is 12.7. The van der Waals surface area contributed by atoms with Crippen molar-refractivity contribution in [3.63, 3.8) is 0 Å². The lowest BCUT2D eigenvalue weighted by atomic mass is 10.0. The molecule has 3 aromatic carbocycles. The van der Waals surface area contributed by atoms with E-state index in [0.717, 1.165) is 17.5 Å². The van der Waals surface area contributed by atoms with Gasteiger partial charge in [-0.25, -0.2) is 4.79 Å². The van der Waals surface area contributed by atoms with Crippen molar-refractivity contribution in [1.29, 1.82) is 0 Å². The quantitative estimate of drug-likeness (QED) is 0.352. The highest BCUT2D eigenvalue weighted by Crippen LogP contribution is 2.31. The Labute approximate surface area is 158 Å². The Morgan fingerprint density at radius 3 is 2.57 bits per heavy atom. The fourth-order valence-electron chi connectivity index (χ4n) is 2.62. The minimum atomic E-state index is -4.52. The molecule has 0 aliphatic heterocycles. The molecule has 3 aromatic rings. The smallest absolute Gasteiger partial charge is 0.437 e. The third-order valence-electron chi connectivity index (χ3n) is 3.99. The number of fused-ring (bicyclic) bond motifs is 1. The molecule has 0 bridgehead atoms. The third-order valence-corrected chi connectivity index (χ3v) is 3.99. The average molecular weight is 388 g/mol. The van der Waals surface area contributed by atoms with E-state index in [2.05, 4.69) is 10.5 Å². The summed E-state index contributed by atoms with van der Waals surface area (Å²) >= 11 is 0. The number of amides is 1. The Morgan fingerprint density at radius 2 is 1.82 bits per heavy atom. The standard InChI is InChI=1S/C20H15F3N2O3/c1-12(16-10-9-13-5-2-3-8-17(13)18(16)26)25-28-19(27)24-15-7-4-6-14(11-15)20(21,22)23/h2-11,26H,1H3,(H,24,27). The molecule has 0 heterocycles. The van der Waals surface area contributed by atoms with Gasteiger partial charge in [-0.15, -0.1) is 0 Å². The molecule has 2 N–H and O–H groups in total. The van der Waals surface area contributed by atoms with E-state index in [0.29, 0.717) is 10.9 Å². The van der Waals surface area contributed by atoms with Crippen molar-refractivity contribution in [2.24, 2.45) is 5.16 Å². The number of phenolic OH excluding ortho intramolecular Hbond substituents is 1.